The summed E-state index contributed by atoms with van der Waals surface area (Å²) in [5.74, 6) is 2.53. The van der Waals surface area contributed by atoms with Crippen molar-refractivity contribution in [3.05, 3.63) is 54.0 Å². The van der Waals surface area contributed by atoms with Gasteiger partial charge >= 0.3 is 0 Å². The lowest BCUT2D eigenvalue weighted by Gasteiger charge is -2.28. The van der Waals surface area contributed by atoms with Crippen molar-refractivity contribution in [2.75, 3.05) is 26.4 Å². The molecule has 2 heterocycles. The minimum atomic E-state index is -0.358. The summed E-state index contributed by atoms with van der Waals surface area (Å²) in [4.78, 5) is 4.48. The number of fused-ring (bicyclic) bond motifs is 1. The summed E-state index contributed by atoms with van der Waals surface area (Å²) in [6, 6.07) is 12.0. The highest BCUT2D eigenvalue weighted by Gasteiger charge is 2.21. The van der Waals surface area contributed by atoms with Crippen LogP contribution in [0.25, 0.3) is 0 Å². The maximum Gasteiger partial charge on any atom is 0.191 e. The monoisotopic (exact) mass is 473 g/mol. The van der Waals surface area contributed by atoms with E-state index in [9.17, 15) is 4.39 Å². The molecular weight excluding hydrogens is 448 g/mol. The molecule has 1 aromatic heterocycles. The van der Waals surface area contributed by atoms with Crippen LogP contribution in [0.3, 0.4) is 0 Å². The van der Waals surface area contributed by atoms with Crippen LogP contribution in [0, 0.1) is 0 Å². The standard InChI is InChI=1S/C19H24FN3O2.HI/c20-10-4-11-21-19(22-12-8-15-5-3-13-24-15)23-17-9-14-25-18-7-2-1-6-16(17)18;/h1-3,5-7,13,17H,4,8-12,14H2,(H2,21,22,23);1H. The number of aliphatic imine (C=N–C) groups is 1. The quantitative estimate of drug-likeness (QED) is 0.278. The van der Waals surface area contributed by atoms with Crippen LogP contribution in [0.1, 0.15) is 30.2 Å². The Bertz CT molecular complexity index is 679. The number of rotatable bonds is 7. The molecule has 1 unspecified atom stereocenters. The lowest BCUT2D eigenvalue weighted by atomic mass is 10.0. The molecule has 0 bridgehead atoms. The van der Waals surface area contributed by atoms with E-state index in [4.69, 9.17) is 9.15 Å². The molecule has 142 valence electrons. The molecule has 0 spiro atoms. The average molecular weight is 473 g/mol. The summed E-state index contributed by atoms with van der Waals surface area (Å²) in [5, 5.41) is 6.77. The molecule has 0 aliphatic carbocycles. The zero-order valence-corrected chi connectivity index (χ0v) is 16.9. The number of alkyl halides is 1. The predicted molar refractivity (Wildman–Crippen MR) is 111 cm³/mol. The van der Waals surface area contributed by atoms with Crippen molar-refractivity contribution in [3.63, 3.8) is 0 Å². The fraction of sp³-hybridized carbons (Fsp3) is 0.421. The van der Waals surface area contributed by atoms with Crippen LogP contribution in [0.4, 0.5) is 4.39 Å². The minimum absolute atomic E-state index is 0. The summed E-state index contributed by atoms with van der Waals surface area (Å²) < 4.78 is 23.4. The van der Waals surface area contributed by atoms with Crippen molar-refractivity contribution in [1.29, 1.82) is 0 Å². The van der Waals surface area contributed by atoms with Crippen molar-refractivity contribution in [3.8, 4) is 5.75 Å². The topological polar surface area (TPSA) is 58.8 Å². The second kappa shape index (κ2) is 11.1. The first-order chi connectivity index (χ1) is 12.4. The van der Waals surface area contributed by atoms with Crippen molar-refractivity contribution in [2.24, 2.45) is 4.99 Å². The van der Waals surface area contributed by atoms with Crippen LogP contribution in [0.15, 0.2) is 52.1 Å². The third kappa shape index (κ3) is 5.89. The van der Waals surface area contributed by atoms with Crippen LogP contribution in [0.5, 0.6) is 5.75 Å². The van der Waals surface area contributed by atoms with Crippen LogP contribution >= 0.6 is 24.0 Å². The van der Waals surface area contributed by atoms with Gasteiger partial charge in [-0.25, -0.2) is 0 Å². The van der Waals surface area contributed by atoms with E-state index in [0.717, 1.165) is 29.9 Å². The number of hydrogen-bond acceptors (Lipinski definition) is 3. The number of nitrogens with zero attached hydrogens (tertiary/aromatic N) is 1. The van der Waals surface area contributed by atoms with Gasteiger partial charge in [-0.2, -0.15) is 0 Å². The molecule has 7 heteroatoms. The van der Waals surface area contributed by atoms with E-state index in [2.05, 4.69) is 21.7 Å². The van der Waals surface area contributed by atoms with E-state index in [1.54, 1.807) is 6.26 Å². The molecule has 1 aliphatic heterocycles. The van der Waals surface area contributed by atoms with Crippen LogP contribution in [0.2, 0.25) is 0 Å². The Morgan fingerprint density at radius 3 is 2.92 bits per heavy atom. The first kappa shape index (κ1) is 20.5. The number of ether oxygens (including phenoxy) is 1. The van der Waals surface area contributed by atoms with E-state index in [0.29, 0.717) is 32.1 Å². The number of para-hydroxylation sites is 1. The fourth-order valence-corrected chi connectivity index (χ4v) is 2.82. The zero-order chi connectivity index (χ0) is 17.3. The Labute approximate surface area is 170 Å². The second-order valence-corrected chi connectivity index (χ2v) is 5.90. The molecule has 26 heavy (non-hydrogen) atoms. The van der Waals surface area contributed by atoms with Crippen molar-refractivity contribution in [2.45, 2.75) is 25.3 Å². The molecule has 2 aromatic rings. The molecule has 2 N–H and O–H groups in total. The van der Waals surface area contributed by atoms with E-state index in [1.165, 1.54) is 0 Å². The average Bonchev–Trinajstić information content (AvgIpc) is 3.15. The molecule has 0 saturated carbocycles. The highest BCUT2D eigenvalue weighted by atomic mass is 127. The van der Waals surface area contributed by atoms with Crippen LogP contribution < -0.4 is 15.4 Å². The third-order valence-corrected chi connectivity index (χ3v) is 4.08. The van der Waals surface area contributed by atoms with Gasteiger partial charge in [0.25, 0.3) is 0 Å². The molecule has 0 saturated heterocycles. The van der Waals surface area contributed by atoms with Crippen LogP contribution in [-0.4, -0.2) is 32.3 Å². The van der Waals surface area contributed by atoms with Gasteiger partial charge in [0, 0.05) is 31.5 Å². The Hall–Kier alpha value is -1.77. The first-order valence-corrected chi connectivity index (χ1v) is 8.72. The van der Waals surface area contributed by atoms with Gasteiger partial charge in [-0.3, -0.25) is 9.38 Å². The van der Waals surface area contributed by atoms with Crippen molar-refractivity contribution in [1.82, 2.24) is 10.6 Å². The second-order valence-electron chi connectivity index (χ2n) is 5.90. The van der Waals surface area contributed by atoms with Gasteiger partial charge in [-0.15, -0.1) is 24.0 Å². The molecule has 5 nitrogen and oxygen atoms in total. The fourth-order valence-electron chi connectivity index (χ4n) is 2.82. The normalized spacial score (nSPS) is 16.2. The summed E-state index contributed by atoms with van der Waals surface area (Å²) in [6.07, 6.45) is 3.72. The summed E-state index contributed by atoms with van der Waals surface area (Å²) in [5.41, 5.74) is 1.12. The smallest absolute Gasteiger partial charge is 0.191 e. The summed E-state index contributed by atoms with van der Waals surface area (Å²) in [7, 11) is 0. The highest BCUT2D eigenvalue weighted by Crippen LogP contribution is 2.31. The molecule has 0 fully saturated rings. The summed E-state index contributed by atoms with van der Waals surface area (Å²) in [6.45, 7) is 1.46. The van der Waals surface area contributed by atoms with Gasteiger partial charge in [-0.1, -0.05) is 18.2 Å². The number of nitrogens with one attached hydrogen (secondary N) is 2. The maximum atomic E-state index is 12.4. The van der Waals surface area contributed by atoms with Gasteiger partial charge in [0.1, 0.15) is 11.5 Å². The largest absolute Gasteiger partial charge is 0.493 e. The number of halogens is 2. The van der Waals surface area contributed by atoms with Gasteiger partial charge in [0.05, 0.1) is 25.6 Å². The molecule has 1 aromatic carbocycles. The minimum Gasteiger partial charge on any atom is -0.493 e. The Morgan fingerprint density at radius 2 is 2.12 bits per heavy atom. The molecule has 3 rings (SSSR count). The molecule has 1 atom stereocenters. The number of hydrogen-bond donors (Lipinski definition) is 2. The highest BCUT2D eigenvalue weighted by molar-refractivity contribution is 14.0. The predicted octanol–water partition coefficient (Wildman–Crippen LogP) is 3.86. The number of guanidine groups is 1. The van der Waals surface area contributed by atoms with Gasteiger partial charge in [0.2, 0.25) is 0 Å². The number of furan rings is 1. The molecule has 1 aliphatic rings. The van der Waals surface area contributed by atoms with E-state index < -0.39 is 0 Å². The zero-order valence-electron chi connectivity index (χ0n) is 14.6. The van der Waals surface area contributed by atoms with E-state index >= 15 is 0 Å². The van der Waals surface area contributed by atoms with E-state index in [1.807, 2.05) is 30.3 Å². The number of benzene rings is 1. The maximum absolute atomic E-state index is 12.4. The van der Waals surface area contributed by atoms with Gasteiger partial charge < -0.3 is 19.8 Å². The summed E-state index contributed by atoms with van der Waals surface area (Å²) >= 11 is 0. The van der Waals surface area contributed by atoms with Crippen LogP contribution in [-0.2, 0) is 6.42 Å². The van der Waals surface area contributed by atoms with Crippen molar-refractivity contribution < 1.29 is 13.5 Å². The molecule has 0 radical (unpaired) electrons. The van der Waals surface area contributed by atoms with E-state index in [-0.39, 0.29) is 36.7 Å². The first-order valence-electron chi connectivity index (χ1n) is 8.72. The SMILES string of the molecule is FCCCN=C(NCCc1ccco1)NC1CCOc2ccccc21.I. The van der Waals surface area contributed by atoms with Crippen molar-refractivity contribution >= 4 is 29.9 Å². The van der Waals surface area contributed by atoms with Gasteiger partial charge in [-0.05, 0) is 24.6 Å². The third-order valence-electron chi connectivity index (χ3n) is 4.08. The Balaban J connectivity index is 0.00000243. The molecule has 0 amide bonds. The Kier molecular flexibility index (Phi) is 8.73. The Morgan fingerprint density at radius 1 is 1.23 bits per heavy atom. The van der Waals surface area contributed by atoms with Gasteiger partial charge in [0.15, 0.2) is 5.96 Å². The lowest BCUT2D eigenvalue weighted by molar-refractivity contribution is 0.261. The molecular formula is C19H25FIN3O2. The lowest BCUT2D eigenvalue weighted by Crippen LogP contribution is -2.42.